The van der Waals surface area contributed by atoms with E-state index in [4.69, 9.17) is 4.42 Å². The lowest BCUT2D eigenvalue weighted by Gasteiger charge is -2.06. The van der Waals surface area contributed by atoms with Crippen molar-refractivity contribution in [3.63, 3.8) is 0 Å². The number of non-ortho nitro benzene ring substituents is 1. The number of para-hydroxylation sites is 1. The van der Waals surface area contributed by atoms with Gasteiger partial charge < -0.3 is 9.73 Å². The SMILES string of the molecule is O=C(CSc1nnc(-c2ccccc2[N+](=O)[O-])o1)Nc1ccc(-c2ccc([N+](=O)[O-])cc2)cc1. The smallest absolute Gasteiger partial charge is 0.282 e. The molecule has 170 valence electrons. The summed E-state index contributed by atoms with van der Waals surface area (Å²) in [5.74, 6) is -0.321. The zero-order valence-electron chi connectivity index (χ0n) is 17.3. The Morgan fingerprint density at radius 3 is 2.18 bits per heavy atom. The van der Waals surface area contributed by atoms with E-state index in [1.807, 2.05) is 0 Å². The van der Waals surface area contributed by atoms with Crippen LogP contribution in [0.5, 0.6) is 0 Å². The molecule has 11 nitrogen and oxygen atoms in total. The number of carbonyl (C=O) groups excluding carboxylic acids is 1. The van der Waals surface area contributed by atoms with Gasteiger partial charge in [-0.05, 0) is 41.5 Å². The summed E-state index contributed by atoms with van der Waals surface area (Å²) in [6.07, 6.45) is 0. The molecular formula is C22H15N5O6S. The summed E-state index contributed by atoms with van der Waals surface area (Å²) < 4.78 is 5.46. The van der Waals surface area contributed by atoms with E-state index in [0.29, 0.717) is 5.69 Å². The predicted octanol–water partition coefficient (Wildman–Crippen LogP) is 4.95. The first-order chi connectivity index (χ1) is 16.4. The van der Waals surface area contributed by atoms with Gasteiger partial charge in [0.25, 0.3) is 22.5 Å². The normalized spacial score (nSPS) is 10.6. The maximum Gasteiger partial charge on any atom is 0.282 e. The van der Waals surface area contributed by atoms with Gasteiger partial charge in [-0.2, -0.15) is 0 Å². The van der Waals surface area contributed by atoms with Crippen molar-refractivity contribution in [3.05, 3.63) is 93.0 Å². The highest BCUT2D eigenvalue weighted by Gasteiger charge is 2.20. The second-order valence-corrected chi connectivity index (χ2v) is 7.79. The number of nitro groups is 2. The number of thioether (sulfide) groups is 1. The van der Waals surface area contributed by atoms with E-state index in [1.54, 1.807) is 42.5 Å². The topological polar surface area (TPSA) is 154 Å². The van der Waals surface area contributed by atoms with Crippen molar-refractivity contribution >= 4 is 34.7 Å². The lowest BCUT2D eigenvalue weighted by molar-refractivity contribution is -0.384. The molecule has 0 bridgehead atoms. The molecule has 0 unspecified atom stereocenters. The highest BCUT2D eigenvalue weighted by Crippen LogP contribution is 2.30. The van der Waals surface area contributed by atoms with E-state index < -0.39 is 9.85 Å². The van der Waals surface area contributed by atoms with E-state index in [9.17, 15) is 25.0 Å². The highest BCUT2D eigenvalue weighted by atomic mass is 32.2. The molecule has 1 amide bonds. The molecule has 0 spiro atoms. The minimum atomic E-state index is -0.535. The summed E-state index contributed by atoms with van der Waals surface area (Å²) in [6.45, 7) is 0. The first-order valence-electron chi connectivity index (χ1n) is 9.75. The zero-order valence-corrected chi connectivity index (χ0v) is 18.1. The van der Waals surface area contributed by atoms with Gasteiger partial charge in [0, 0.05) is 23.9 Å². The van der Waals surface area contributed by atoms with Crippen LogP contribution in [-0.2, 0) is 4.79 Å². The number of rotatable bonds is 8. The Kier molecular flexibility index (Phi) is 6.59. The third kappa shape index (κ3) is 5.24. The van der Waals surface area contributed by atoms with Gasteiger partial charge in [0.1, 0.15) is 5.56 Å². The van der Waals surface area contributed by atoms with Crippen LogP contribution in [0.25, 0.3) is 22.6 Å². The molecule has 3 aromatic carbocycles. The van der Waals surface area contributed by atoms with Crippen LogP contribution < -0.4 is 5.32 Å². The molecule has 1 N–H and O–H groups in total. The van der Waals surface area contributed by atoms with Crippen molar-refractivity contribution in [1.29, 1.82) is 0 Å². The maximum atomic E-state index is 12.3. The fourth-order valence-electron chi connectivity index (χ4n) is 3.04. The lowest BCUT2D eigenvalue weighted by atomic mass is 10.1. The van der Waals surface area contributed by atoms with E-state index in [2.05, 4.69) is 15.5 Å². The number of anilines is 1. The average molecular weight is 477 g/mol. The van der Waals surface area contributed by atoms with Gasteiger partial charge in [-0.25, -0.2) is 0 Å². The van der Waals surface area contributed by atoms with Crippen LogP contribution in [0.15, 0.2) is 82.4 Å². The Balaban J connectivity index is 1.34. The van der Waals surface area contributed by atoms with E-state index in [-0.39, 0.29) is 39.7 Å². The molecule has 0 fully saturated rings. The van der Waals surface area contributed by atoms with Crippen LogP contribution >= 0.6 is 11.8 Å². The van der Waals surface area contributed by atoms with Gasteiger partial charge in [0.15, 0.2) is 0 Å². The molecule has 0 atom stereocenters. The van der Waals surface area contributed by atoms with Crippen molar-refractivity contribution in [2.24, 2.45) is 0 Å². The van der Waals surface area contributed by atoms with Crippen molar-refractivity contribution in [3.8, 4) is 22.6 Å². The number of benzene rings is 3. The first kappa shape index (κ1) is 22.6. The van der Waals surface area contributed by atoms with E-state index in [0.717, 1.165) is 22.9 Å². The minimum absolute atomic E-state index is 0.00274. The Hall–Kier alpha value is -4.58. The summed E-state index contributed by atoms with van der Waals surface area (Å²) in [5.41, 5.74) is 2.28. The van der Waals surface area contributed by atoms with Crippen molar-refractivity contribution < 1.29 is 19.1 Å². The average Bonchev–Trinajstić information content (AvgIpc) is 3.32. The molecule has 1 heterocycles. The largest absolute Gasteiger partial charge is 0.411 e. The van der Waals surface area contributed by atoms with Crippen molar-refractivity contribution in [1.82, 2.24) is 10.2 Å². The third-order valence-corrected chi connectivity index (χ3v) is 5.46. The van der Waals surface area contributed by atoms with Gasteiger partial charge in [-0.15, -0.1) is 10.2 Å². The Labute approximate surface area is 196 Å². The van der Waals surface area contributed by atoms with Gasteiger partial charge in [-0.3, -0.25) is 25.0 Å². The van der Waals surface area contributed by atoms with Crippen molar-refractivity contribution in [2.75, 3.05) is 11.1 Å². The molecule has 0 saturated heterocycles. The fourth-order valence-corrected chi connectivity index (χ4v) is 3.60. The van der Waals surface area contributed by atoms with Crippen LogP contribution in [0, 0.1) is 20.2 Å². The predicted molar refractivity (Wildman–Crippen MR) is 124 cm³/mol. The number of carbonyl (C=O) groups is 1. The molecule has 0 aliphatic carbocycles. The summed E-state index contributed by atoms with van der Waals surface area (Å²) in [6, 6.07) is 19.2. The monoisotopic (exact) mass is 477 g/mol. The minimum Gasteiger partial charge on any atom is -0.411 e. The van der Waals surface area contributed by atoms with E-state index in [1.165, 1.54) is 30.3 Å². The Bertz CT molecular complexity index is 1350. The molecule has 0 radical (unpaired) electrons. The summed E-state index contributed by atoms with van der Waals surface area (Å²) >= 11 is 1.00. The summed E-state index contributed by atoms with van der Waals surface area (Å²) in [5, 5.41) is 32.5. The maximum absolute atomic E-state index is 12.3. The molecule has 0 aliphatic heterocycles. The van der Waals surface area contributed by atoms with E-state index >= 15 is 0 Å². The second kappa shape index (κ2) is 9.92. The quantitative estimate of drug-likeness (QED) is 0.211. The molecule has 0 saturated carbocycles. The number of nitro benzene ring substituents is 2. The number of hydrogen-bond acceptors (Lipinski definition) is 9. The molecule has 4 aromatic rings. The molecule has 1 aromatic heterocycles. The number of nitrogens with zero attached hydrogens (tertiary/aromatic N) is 4. The van der Waals surface area contributed by atoms with Crippen LogP contribution in [0.1, 0.15) is 0 Å². The Morgan fingerprint density at radius 2 is 1.53 bits per heavy atom. The molecule has 0 aliphatic rings. The summed E-state index contributed by atoms with van der Waals surface area (Å²) in [7, 11) is 0. The van der Waals surface area contributed by atoms with Gasteiger partial charge in [-0.1, -0.05) is 36.0 Å². The van der Waals surface area contributed by atoms with Gasteiger partial charge in [0.2, 0.25) is 5.91 Å². The van der Waals surface area contributed by atoms with Gasteiger partial charge >= 0.3 is 0 Å². The number of aromatic nitrogens is 2. The Morgan fingerprint density at radius 1 is 0.882 bits per heavy atom. The van der Waals surface area contributed by atoms with Gasteiger partial charge in [0.05, 0.1) is 15.6 Å². The second-order valence-electron chi connectivity index (χ2n) is 6.87. The molecular weight excluding hydrogens is 462 g/mol. The molecule has 4 rings (SSSR count). The fraction of sp³-hybridized carbons (Fsp3) is 0.0455. The lowest BCUT2D eigenvalue weighted by Crippen LogP contribution is -2.13. The van der Waals surface area contributed by atoms with Crippen LogP contribution in [0.2, 0.25) is 0 Å². The number of hydrogen-bond donors (Lipinski definition) is 1. The molecule has 34 heavy (non-hydrogen) atoms. The zero-order chi connectivity index (χ0) is 24.1. The summed E-state index contributed by atoms with van der Waals surface area (Å²) in [4.78, 5) is 33.2. The standard InChI is InChI=1S/C22H15N5O6S/c28-20(13-34-22-25-24-21(33-22)18-3-1-2-4-19(18)27(31)32)23-16-9-5-14(6-10-16)15-7-11-17(12-8-15)26(29)30/h1-12H,13H2,(H,23,28). The number of nitrogens with one attached hydrogen (secondary N) is 1. The first-order valence-corrected chi connectivity index (χ1v) is 10.7. The number of amides is 1. The highest BCUT2D eigenvalue weighted by molar-refractivity contribution is 7.99. The molecule has 12 heteroatoms. The van der Waals surface area contributed by atoms with Crippen LogP contribution in [-0.4, -0.2) is 31.7 Å². The van der Waals surface area contributed by atoms with Crippen molar-refractivity contribution in [2.45, 2.75) is 5.22 Å². The van der Waals surface area contributed by atoms with Crippen LogP contribution in [0.3, 0.4) is 0 Å². The van der Waals surface area contributed by atoms with Crippen LogP contribution in [0.4, 0.5) is 17.1 Å². The third-order valence-electron chi connectivity index (χ3n) is 4.64.